The van der Waals surface area contributed by atoms with Gasteiger partial charge in [-0.15, -0.1) is 0 Å². The lowest BCUT2D eigenvalue weighted by Gasteiger charge is -2.09. The van der Waals surface area contributed by atoms with Crippen LogP contribution in [0.5, 0.6) is 5.75 Å². The van der Waals surface area contributed by atoms with E-state index in [9.17, 15) is 14.7 Å². The Morgan fingerprint density at radius 3 is 2.43 bits per heavy atom. The highest BCUT2D eigenvalue weighted by Crippen LogP contribution is 2.22. The molecule has 0 aliphatic heterocycles. The first kappa shape index (κ1) is 16.8. The minimum Gasteiger partial charge on any atom is -0.507 e. The number of esters is 1. The zero-order chi connectivity index (χ0) is 17.0. The smallest absolute Gasteiger partial charge is 0.342 e. The molecular formula is C17H16ClNO4. The van der Waals surface area contributed by atoms with E-state index in [1.165, 1.54) is 18.2 Å². The minimum atomic E-state index is -0.819. The molecule has 5 nitrogen and oxygen atoms in total. The van der Waals surface area contributed by atoms with Crippen molar-refractivity contribution in [1.29, 1.82) is 0 Å². The number of aromatic hydroxyl groups is 1. The SMILES string of the molecule is Cc1cc(C)cc(NC(=O)COC(=O)c2cc(Cl)ccc2O)c1. The fraction of sp³-hybridized carbons (Fsp3) is 0.176. The molecule has 2 rings (SSSR count). The number of halogens is 1. The molecule has 0 fully saturated rings. The van der Waals surface area contributed by atoms with E-state index in [1.807, 2.05) is 32.0 Å². The van der Waals surface area contributed by atoms with Crippen molar-refractivity contribution in [2.24, 2.45) is 0 Å². The first-order valence-electron chi connectivity index (χ1n) is 6.89. The monoisotopic (exact) mass is 333 g/mol. The van der Waals surface area contributed by atoms with Gasteiger partial charge in [-0.2, -0.15) is 0 Å². The van der Waals surface area contributed by atoms with Gasteiger partial charge in [-0.25, -0.2) is 4.79 Å². The van der Waals surface area contributed by atoms with Crippen LogP contribution in [0.15, 0.2) is 36.4 Å². The quantitative estimate of drug-likeness (QED) is 0.840. The highest BCUT2D eigenvalue weighted by molar-refractivity contribution is 6.31. The van der Waals surface area contributed by atoms with Gasteiger partial charge in [-0.3, -0.25) is 4.79 Å². The van der Waals surface area contributed by atoms with Gasteiger partial charge >= 0.3 is 5.97 Å². The second kappa shape index (κ2) is 7.15. The molecule has 0 atom stereocenters. The Kier molecular flexibility index (Phi) is 5.24. The predicted molar refractivity (Wildman–Crippen MR) is 87.9 cm³/mol. The Labute approximate surface area is 138 Å². The number of hydrogen-bond donors (Lipinski definition) is 2. The molecule has 0 aromatic heterocycles. The lowest BCUT2D eigenvalue weighted by molar-refractivity contribution is -0.119. The van der Waals surface area contributed by atoms with Gasteiger partial charge in [0.05, 0.1) is 0 Å². The van der Waals surface area contributed by atoms with Crippen LogP contribution in [-0.2, 0) is 9.53 Å². The number of aryl methyl sites for hydroxylation is 2. The standard InChI is InChI=1S/C17H16ClNO4/c1-10-5-11(2)7-13(6-10)19-16(21)9-23-17(22)14-8-12(18)3-4-15(14)20/h3-8,20H,9H2,1-2H3,(H,19,21). The summed E-state index contributed by atoms with van der Waals surface area (Å²) < 4.78 is 4.89. The van der Waals surface area contributed by atoms with Crippen molar-refractivity contribution in [2.75, 3.05) is 11.9 Å². The maximum Gasteiger partial charge on any atom is 0.342 e. The molecule has 0 aliphatic rings. The Morgan fingerprint density at radius 1 is 1.13 bits per heavy atom. The third-order valence-electron chi connectivity index (χ3n) is 3.02. The molecule has 6 heteroatoms. The molecule has 0 radical (unpaired) electrons. The van der Waals surface area contributed by atoms with E-state index in [-0.39, 0.29) is 16.3 Å². The Bertz CT molecular complexity index is 738. The van der Waals surface area contributed by atoms with Gasteiger partial charge in [-0.1, -0.05) is 17.7 Å². The molecular weight excluding hydrogens is 318 g/mol. The van der Waals surface area contributed by atoms with E-state index in [4.69, 9.17) is 16.3 Å². The van der Waals surface area contributed by atoms with E-state index in [0.717, 1.165) is 11.1 Å². The molecule has 2 aromatic carbocycles. The summed E-state index contributed by atoms with van der Waals surface area (Å²) in [4.78, 5) is 23.7. The third-order valence-corrected chi connectivity index (χ3v) is 3.25. The van der Waals surface area contributed by atoms with Crippen LogP contribution in [0.3, 0.4) is 0 Å². The van der Waals surface area contributed by atoms with Crippen LogP contribution < -0.4 is 5.32 Å². The van der Waals surface area contributed by atoms with Crippen molar-refractivity contribution in [2.45, 2.75) is 13.8 Å². The number of anilines is 1. The number of carbonyl (C=O) groups excluding carboxylic acids is 2. The fourth-order valence-electron chi connectivity index (χ4n) is 2.12. The van der Waals surface area contributed by atoms with Gasteiger partial charge < -0.3 is 15.2 Å². The van der Waals surface area contributed by atoms with E-state index < -0.39 is 18.5 Å². The van der Waals surface area contributed by atoms with E-state index in [1.54, 1.807) is 0 Å². The molecule has 0 heterocycles. The summed E-state index contributed by atoms with van der Waals surface area (Å²) in [5.74, 6) is -1.54. The van der Waals surface area contributed by atoms with E-state index in [2.05, 4.69) is 5.32 Å². The van der Waals surface area contributed by atoms with Gasteiger partial charge in [0.1, 0.15) is 11.3 Å². The third kappa shape index (κ3) is 4.72. The molecule has 0 aliphatic carbocycles. The number of rotatable bonds is 4. The number of phenols is 1. The molecule has 0 unspecified atom stereocenters. The Hall–Kier alpha value is -2.53. The number of amides is 1. The number of carbonyl (C=O) groups is 2. The van der Waals surface area contributed by atoms with E-state index in [0.29, 0.717) is 5.69 Å². The summed E-state index contributed by atoms with van der Waals surface area (Å²) in [6.45, 7) is 3.38. The topological polar surface area (TPSA) is 75.6 Å². The number of ether oxygens (including phenoxy) is 1. The summed E-state index contributed by atoms with van der Waals surface area (Å²) in [6.07, 6.45) is 0. The van der Waals surface area contributed by atoms with Crippen molar-refractivity contribution < 1.29 is 19.4 Å². The highest BCUT2D eigenvalue weighted by Gasteiger charge is 2.15. The predicted octanol–water partition coefficient (Wildman–Crippen LogP) is 3.46. The molecule has 2 N–H and O–H groups in total. The van der Waals surface area contributed by atoms with Crippen LogP contribution in [0.4, 0.5) is 5.69 Å². The lowest BCUT2D eigenvalue weighted by atomic mass is 10.1. The Balaban J connectivity index is 1.96. The molecule has 0 spiro atoms. The average Bonchev–Trinajstić information content (AvgIpc) is 2.46. The second-order valence-corrected chi connectivity index (χ2v) is 5.60. The zero-order valence-electron chi connectivity index (χ0n) is 12.7. The first-order valence-corrected chi connectivity index (χ1v) is 7.27. The highest BCUT2D eigenvalue weighted by atomic mass is 35.5. The summed E-state index contributed by atoms with van der Waals surface area (Å²) in [5, 5.41) is 12.5. The first-order chi connectivity index (χ1) is 10.8. The van der Waals surface area contributed by atoms with Gasteiger partial charge in [-0.05, 0) is 55.3 Å². The molecule has 0 saturated carbocycles. The summed E-state index contributed by atoms with van der Waals surface area (Å²) in [5.41, 5.74) is 2.58. The van der Waals surface area contributed by atoms with Crippen LogP contribution in [0.2, 0.25) is 5.02 Å². The molecule has 2 aromatic rings. The molecule has 1 amide bonds. The van der Waals surface area contributed by atoms with E-state index >= 15 is 0 Å². The Morgan fingerprint density at radius 2 is 1.78 bits per heavy atom. The number of benzene rings is 2. The number of nitrogens with one attached hydrogen (secondary N) is 1. The van der Waals surface area contributed by atoms with Crippen LogP contribution in [0, 0.1) is 13.8 Å². The second-order valence-electron chi connectivity index (χ2n) is 5.16. The van der Waals surface area contributed by atoms with Crippen molar-refractivity contribution >= 4 is 29.2 Å². The maximum absolute atomic E-state index is 11.9. The molecule has 0 bridgehead atoms. The minimum absolute atomic E-state index is 0.0864. The van der Waals surface area contributed by atoms with Gasteiger partial charge in [0.15, 0.2) is 6.61 Å². The van der Waals surface area contributed by atoms with Crippen LogP contribution in [0.25, 0.3) is 0 Å². The fourth-order valence-corrected chi connectivity index (χ4v) is 2.30. The number of phenolic OH excluding ortho intramolecular Hbond substituents is 1. The maximum atomic E-state index is 11.9. The van der Waals surface area contributed by atoms with Gasteiger partial charge in [0, 0.05) is 10.7 Å². The number of hydrogen-bond acceptors (Lipinski definition) is 4. The van der Waals surface area contributed by atoms with Crippen LogP contribution in [-0.4, -0.2) is 23.6 Å². The average molecular weight is 334 g/mol. The molecule has 23 heavy (non-hydrogen) atoms. The normalized spacial score (nSPS) is 10.2. The lowest BCUT2D eigenvalue weighted by Crippen LogP contribution is -2.21. The molecule has 0 saturated heterocycles. The zero-order valence-corrected chi connectivity index (χ0v) is 13.5. The van der Waals surface area contributed by atoms with Crippen LogP contribution >= 0.6 is 11.6 Å². The molecule has 120 valence electrons. The van der Waals surface area contributed by atoms with Gasteiger partial charge in [0.2, 0.25) is 0 Å². The van der Waals surface area contributed by atoms with Gasteiger partial charge in [0.25, 0.3) is 5.91 Å². The van der Waals surface area contributed by atoms with Crippen molar-refractivity contribution in [1.82, 2.24) is 0 Å². The van der Waals surface area contributed by atoms with Crippen LogP contribution in [0.1, 0.15) is 21.5 Å². The summed E-state index contributed by atoms with van der Waals surface area (Å²) in [6, 6.07) is 9.62. The largest absolute Gasteiger partial charge is 0.507 e. The summed E-state index contributed by atoms with van der Waals surface area (Å²) in [7, 11) is 0. The van der Waals surface area contributed by atoms with Crippen molar-refractivity contribution in [3.63, 3.8) is 0 Å². The van der Waals surface area contributed by atoms with Crippen molar-refractivity contribution in [3.8, 4) is 5.75 Å². The summed E-state index contributed by atoms with van der Waals surface area (Å²) >= 11 is 5.76. The van der Waals surface area contributed by atoms with Crippen molar-refractivity contribution in [3.05, 3.63) is 58.1 Å².